The minimum absolute atomic E-state index is 0.162. The monoisotopic (exact) mass is 314 g/mol. The molecule has 4 nitrogen and oxygen atoms in total. The number of rotatable bonds is 3. The Morgan fingerprint density at radius 1 is 1.13 bits per heavy atom. The highest BCUT2D eigenvalue weighted by Crippen LogP contribution is 2.43. The number of ether oxygens (including phenoxy) is 1. The maximum atomic E-state index is 12.6. The molecule has 0 radical (unpaired) electrons. The van der Waals surface area contributed by atoms with Crippen molar-refractivity contribution in [3.8, 4) is 0 Å². The fourth-order valence-electron chi connectivity index (χ4n) is 4.66. The van der Waals surface area contributed by atoms with Crippen molar-refractivity contribution in [2.24, 2.45) is 5.92 Å². The molecule has 4 heterocycles. The number of fused-ring (bicyclic) bond motifs is 2. The van der Waals surface area contributed by atoms with Crippen LogP contribution in [0.1, 0.15) is 37.8 Å². The van der Waals surface area contributed by atoms with Crippen LogP contribution in [0.15, 0.2) is 18.2 Å². The Labute approximate surface area is 138 Å². The zero-order valence-electron chi connectivity index (χ0n) is 14.2. The van der Waals surface area contributed by atoms with Gasteiger partial charge >= 0.3 is 6.09 Å². The van der Waals surface area contributed by atoms with E-state index in [1.165, 1.54) is 11.1 Å². The first kappa shape index (κ1) is 15.0. The molecule has 0 aliphatic carbocycles. The molecule has 4 saturated heterocycles. The SMILES string of the molecule is CCc1ccc(N2C[C@@]3(CN4CCC3CC4)OC2=O)cc1CC. The number of benzene rings is 1. The number of carbonyl (C=O) groups is 1. The second-order valence-corrected chi connectivity index (χ2v) is 7.23. The molecule has 0 N–H and O–H groups in total. The molecular formula is C19H26N2O2. The van der Waals surface area contributed by atoms with Crippen LogP contribution in [-0.4, -0.2) is 42.8 Å². The highest BCUT2D eigenvalue weighted by Gasteiger charge is 2.55. The Kier molecular flexibility index (Phi) is 3.60. The van der Waals surface area contributed by atoms with Crippen LogP contribution >= 0.6 is 0 Å². The normalized spacial score (nSPS) is 32.6. The minimum atomic E-state index is -0.274. The van der Waals surface area contributed by atoms with Crippen LogP contribution in [0.2, 0.25) is 0 Å². The van der Waals surface area contributed by atoms with Gasteiger partial charge in [0.25, 0.3) is 0 Å². The Bertz CT molecular complexity index is 622. The molecule has 23 heavy (non-hydrogen) atoms. The zero-order chi connectivity index (χ0) is 16.0. The number of carbonyl (C=O) groups excluding carboxylic acids is 1. The van der Waals surface area contributed by atoms with Crippen LogP contribution in [0.25, 0.3) is 0 Å². The second-order valence-electron chi connectivity index (χ2n) is 7.23. The number of nitrogens with zero attached hydrogens (tertiary/aromatic N) is 2. The summed E-state index contributed by atoms with van der Waals surface area (Å²) in [6.07, 6.45) is 4.20. The van der Waals surface area contributed by atoms with Crippen molar-refractivity contribution in [3.63, 3.8) is 0 Å². The maximum Gasteiger partial charge on any atom is 0.415 e. The lowest BCUT2D eigenvalue weighted by Gasteiger charge is -2.49. The van der Waals surface area contributed by atoms with Gasteiger partial charge in [-0.2, -0.15) is 0 Å². The number of piperidine rings is 3. The van der Waals surface area contributed by atoms with Gasteiger partial charge in [-0.1, -0.05) is 19.9 Å². The summed E-state index contributed by atoms with van der Waals surface area (Å²) in [6, 6.07) is 6.43. The molecule has 4 heteroatoms. The van der Waals surface area contributed by atoms with E-state index in [1.807, 2.05) is 4.90 Å². The van der Waals surface area contributed by atoms with Gasteiger partial charge in [0.2, 0.25) is 0 Å². The van der Waals surface area contributed by atoms with Gasteiger partial charge in [0.15, 0.2) is 0 Å². The zero-order valence-corrected chi connectivity index (χ0v) is 14.2. The van der Waals surface area contributed by atoms with Crippen molar-refractivity contribution in [1.82, 2.24) is 4.90 Å². The predicted molar refractivity (Wildman–Crippen MR) is 90.9 cm³/mol. The summed E-state index contributed by atoms with van der Waals surface area (Å²) in [7, 11) is 0. The first-order valence-electron chi connectivity index (χ1n) is 9.00. The standard InChI is InChI=1S/C19H26N2O2/c1-3-14-5-6-17(11-15(14)4-2)21-13-19(23-18(21)22)12-20-9-7-16(19)8-10-20/h5-6,11,16H,3-4,7-10,12-13H2,1-2H3/t19-/m1/s1. The maximum absolute atomic E-state index is 12.6. The van der Waals surface area contributed by atoms with Crippen molar-refractivity contribution in [3.05, 3.63) is 29.3 Å². The van der Waals surface area contributed by atoms with Gasteiger partial charge in [-0.25, -0.2) is 4.79 Å². The molecule has 1 atom stereocenters. The van der Waals surface area contributed by atoms with E-state index in [4.69, 9.17) is 4.74 Å². The summed E-state index contributed by atoms with van der Waals surface area (Å²) >= 11 is 0. The van der Waals surface area contributed by atoms with E-state index in [9.17, 15) is 4.79 Å². The van der Waals surface area contributed by atoms with Crippen LogP contribution in [0.4, 0.5) is 10.5 Å². The molecule has 5 rings (SSSR count). The highest BCUT2D eigenvalue weighted by molar-refractivity contribution is 5.90. The third-order valence-corrected chi connectivity index (χ3v) is 6.02. The third kappa shape index (κ3) is 2.35. The highest BCUT2D eigenvalue weighted by atomic mass is 16.6. The Morgan fingerprint density at radius 3 is 2.48 bits per heavy atom. The molecule has 1 aromatic rings. The van der Waals surface area contributed by atoms with Crippen molar-refractivity contribution < 1.29 is 9.53 Å². The van der Waals surface area contributed by atoms with E-state index in [-0.39, 0.29) is 11.7 Å². The van der Waals surface area contributed by atoms with E-state index in [2.05, 4.69) is 36.9 Å². The smallest absolute Gasteiger partial charge is 0.415 e. The average Bonchev–Trinajstić information content (AvgIpc) is 2.91. The molecule has 124 valence electrons. The van der Waals surface area contributed by atoms with Gasteiger partial charge in [-0.05, 0) is 62.0 Å². The predicted octanol–water partition coefficient (Wildman–Crippen LogP) is 3.23. The molecule has 0 saturated carbocycles. The summed E-state index contributed by atoms with van der Waals surface area (Å²) in [5.74, 6) is 0.530. The van der Waals surface area contributed by atoms with E-state index >= 15 is 0 Å². The number of aryl methyl sites for hydroxylation is 2. The van der Waals surface area contributed by atoms with Crippen LogP contribution in [-0.2, 0) is 17.6 Å². The quantitative estimate of drug-likeness (QED) is 0.859. The topological polar surface area (TPSA) is 32.8 Å². The van der Waals surface area contributed by atoms with Crippen molar-refractivity contribution in [2.45, 2.75) is 45.1 Å². The van der Waals surface area contributed by atoms with Crippen molar-refractivity contribution in [1.29, 1.82) is 0 Å². The molecule has 1 spiro atoms. The molecule has 4 fully saturated rings. The minimum Gasteiger partial charge on any atom is -0.439 e. The van der Waals surface area contributed by atoms with Crippen LogP contribution in [0.3, 0.4) is 0 Å². The second kappa shape index (κ2) is 5.52. The lowest BCUT2D eigenvalue weighted by Crippen LogP contribution is -2.61. The number of anilines is 1. The van der Waals surface area contributed by atoms with Gasteiger partial charge in [-0.15, -0.1) is 0 Å². The molecule has 0 aromatic heterocycles. The lowest BCUT2D eigenvalue weighted by atomic mass is 9.75. The molecule has 4 aliphatic rings. The van der Waals surface area contributed by atoms with Crippen LogP contribution in [0.5, 0.6) is 0 Å². The molecule has 4 aliphatic heterocycles. The lowest BCUT2D eigenvalue weighted by molar-refractivity contribution is -0.0881. The van der Waals surface area contributed by atoms with Gasteiger partial charge in [-0.3, -0.25) is 9.80 Å². The Hall–Kier alpha value is -1.55. The van der Waals surface area contributed by atoms with E-state index in [0.29, 0.717) is 12.5 Å². The van der Waals surface area contributed by atoms with Crippen molar-refractivity contribution in [2.75, 3.05) is 31.1 Å². The summed E-state index contributed by atoms with van der Waals surface area (Å²) < 4.78 is 5.97. The van der Waals surface area contributed by atoms with E-state index in [1.54, 1.807) is 0 Å². The first-order chi connectivity index (χ1) is 11.1. The number of amides is 1. The average molecular weight is 314 g/mol. The molecular weight excluding hydrogens is 288 g/mol. The fraction of sp³-hybridized carbons (Fsp3) is 0.632. The van der Waals surface area contributed by atoms with E-state index in [0.717, 1.165) is 51.0 Å². The van der Waals surface area contributed by atoms with Crippen molar-refractivity contribution >= 4 is 11.8 Å². The number of hydrogen-bond acceptors (Lipinski definition) is 3. The third-order valence-electron chi connectivity index (χ3n) is 6.02. The Morgan fingerprint density at radius 2 is 1.87 bits per heavy atom. The van der Waals surface area contributed by atoms with Gasteiger partial charge in [0, 0.05) is 18.2 Å². The number of hydrogen-bond donors (Lipinski definition) is 0. The molecule has 1 amide bonds. The summed E-state index contributed by atoms with van der Waals surface area (Å²) in [5.41, 5.74) is 3.44. The van der Waals surface area contributed by atoms with Crippen LogP contribution < -0.4 is 4.90 Å². The summed E-state index contributed by atoms with van der Waals surface area (Å²) in [5, 5.41) is 0. The fourth-order valence-corrected chi connectivity index (χ4v) is 4.66. The molecule has 2 bridgehead atoms. The largest absolute Gasteiger partial charge is 0.439 e. The van der Waals surface area contributed by atoms with Gasteiger partial charge in [0.05, 0.1) is 6.54 Å². The molecule has 0 unspecified atom stereocenters. The first-order valence-corrected chi connectivity index (χ1v) is 9.00. The van der Waals surface area contributed by atoms with Gasteiger partial charge < -0.3 is 4.74 Å². The molecule has 1 aromatic carbocycles. The summed E-state index contributed by atoms with van der Waals surface area (Å²) in [6.45, 7) is 8.30. The van der Waals surface area contributed by atoms with E-state index < -0.39 is 0 Å². The Balaban J connectivity index is 1.62. The van der Waals surface area contributed by atoms with Crippen LogP contribution in [0, 0.1) is 5.92 Å². The summed E-state index contributed by atoms with van der Waals surface area (Å²) in [4.78, 5) is 16.9. The van der Waals surface area contributed by atoms with Gasteiger partial charge in [0.1, 0.15) is 5.60 Å².